The van der Waals surface area contributed by atoms with Crippen LogP contribution in [0.1, 0.15) is 6.42 Å². The Labute approximate surface area is 92.1 Å². The lowest BCUT2D eigenvalue weighted by Gasteiger charge is -2.11. The van der Waals surface area contributed by atoms with Gasteiger partial charge >= 0.3 is 11.9 Å². The largest absolute Gasteiger partial charge is 0.494 e. The molecule has 2 atom stereocenters. The zero-order valence-corrected chi connectivity index (χ0v) is 9.02. The lowest BCUT2D eigenvalue weighted by molar-refractivity contribution is -0.154. The molecule has 88 valence electrons. The van der Waals surface area contributed by atoms with Gasteiger partial charge in [-0.05, 0) is 0 Å². The van der Waals surface area contributed by atoms with E-state index in [1.165, 1.54) is 14.2 Å². The summed E-state index contributed by atoms with van der Waals surface area (Å²) < 4.78 is 19.8. The maximum Gasteiger partial charge on any atom is 0.340 e. The molecule has 1 fully saturated rings. The minimum absolute atomic E-state index is 0.122. The number of carbonyl (C=O) groups excluding carboxylic acids is 2. The first-order valence-corrected chi connectivity index (χ1v) is 4.87. The van der Waals surface area contributed by atoms with Crippen molar-refractivity contribution in [3.8, 4) is 0 Å². The van der Waals surface area contributed by atoms with Gasteiger partial charge in [-0.2, -0.15) is 0 Å². The number of hydrogen-bond acceptors (Lipinski definition) is 6. The van der Waals surface area contributed by atoms with Crippen molar-refractivity contribution in [1.29, 1.82) is 0 Å². The van der Waals surface area contributed by atoms with Crippen molar-refractivity contribution in [2.45, 2.75) is 18.6 Å². The third-order valence-electron chi connectivity index (χ3n) is 2.58. The van der Waals surface area contributed by atoms with Crippen molar-refractivity contribution < 1.29 is 28.5 Å². The van der Waals surface area contributed by atoms with E-state index in [1.807, 2.05) is 0 Å². The topological polar surface area (TPSA) is 71.1 Å². The van der Waals surface area contributed by atoms with Crippen LogP contribution in [0.3, 0.4) is 0 Å². The molecular weight excluding hydrogens is 216 g/mol. The van der Waals surface area contributed by atoms with Gasteiger partial charge in [0, 0.05) is 6.42 Å². The van der Waals surface area contributed by atoms with E-state index in [2.05, 4.69) is 9.47 Å². The van der Waals surface area contributed by atoms with E-state index in [1.54, 1.807) is 0 Å². The molecule has 0 amide bonds. The molecule has 0 aliphatic carbocycles. The number of esters is 2. The second-order valence-electron chi connectivity index (χ2n) is 3.43. The number of carbonyl (C=O) groups is 2. The van der Waals surface area contributed by atoms with Crippen LogP contribution >= 0.6 is 0 Å². The molecule has 0 radical (unpaired) electrons. The van der Waals surface area contributed by atoms with Gasteiger partial charge in [0.25, 0.3) is 0 Å². The number of fused-ring (bicyclic) bond motifs is 1. The Morgan fingerprint density at radius 2 is 2.06 bits per heavy atom. The molecule has 2 aliphatic rings. The van der Waals surface area contributed by atoms with Gasteiger partial charge in [0.05, 0.1) is 20.8 Å². The lowest BCUT2D eigenvalue weighted by atomic mass is 10.1. The van der Waals surface area contributed by atoms with E-state index >= 15 is 0 Å². The van der Waals surface area contributed by atoms with Gasteiger partial charge in [-0.25, -0.2) is 9.59 Å². The Morgan fingerprint density at radius 1 is 1.31 bits per heavy atom. The molecule has 6 nitrogen and oxygen atoms in total. The molecule has 0 spiro atoms. The van der Waals surface area contributed by atoms with Crippen LogP contribution in [0.25, 0.3) is 0 Å². The Hall–Kier alpha value is -1.56. The Bertz CT molecular complexity index is 358. The highest BCUT2D eigenvalue weighted by molar-refractivity contribution is 5.98. The van der Waals surface area contributed by atoms with Crippen LogP contribution in [0, 0.1) is 0 Å². The molecule has 0 aromatic rings. The standard InChI is InChI=1S/C10H12O6/c1-13-9(11)6-7-5(3-4-15-7)16-8(6)10(12)14-2/h5,8H,3-4H2,1-2H3/t5-,8+/m0/s1. The van der Waals surface area contributed by atoms with Gasteiger partial charge < -0.3 is 18.9 Å². The SMILES string of the molecule is COC(=O)C1=C2OCC[C@@H]2O[C@H]1C(=O)OC. The van der Waals surface area contributed by atoms with E-state index < -0.39 is 18.0 Å². The van der Waals surface area contributed by atoms with Crippen LogP contribution in [0.4, 0.5) is 0 Å². The summed E-state index contributed by atoms with van der Waals surface area (Å²) >= 11 is 0. The zero-order chi connectivity index (χ0) is 11.7. The number of methoxy groups -OCH3 is 2. The third kappa shape index (κ3) is 1.55. The monoisotopic (exact) mass is 228 g/mol. The summed E-state index contributed by atoms with van der Waals surface area (Å²) in [4.78, 5) is 23.0. The van der Waals surface area contributed by atoms with Crippen LogP contribution in [0.5, 0.6) is 0 Å². The normalized spacial score (nSPS) is 27.4. The Kier molecular flexibility index (Phi) is 2.82. The number of hydrogen-bond donors (Lipinski definition) is 0. The van der Waals surface area contributed by atoms with Gasteiger partial charge in [-0.1, -0.05) is 0 Å². The second kappa shape index (κ2) is 4.13. The fraction of sp³-hybridized carbons (Fsp3) is 0.600. The molecule has 0 aromatic heterocycles. The highest BCUT2D eigenvalue weighted by Crippen LogP contribution is 2.35. The Morgan fingerprint density at radius 3 is 2.69 bits per heavy atom. The first-order valence-electron chi connectivity index (χ1n) is 4.87. The summed E-state index contributed by atoms with van der Waals surface area (Å²) in [6.07, 6.45) is -0.737. The fourth-order valence-corrected chi connectivity index (χ4v) is 1.84. The molecular formula is C10H12O6. The molecule has 2 rings (SSSR count). The van der Waals surface area contributed by atoms with E-state index in [0.29, 0.717) is 18.8 Å². The van der Waals surface area contributed by atoms with Crippen molar-refractivity contribution in [2.24, 2.45) is 0 Å². The van der Waals surface area contributed by atoms with E-state index in [0.717, 1.165) is 0 Å². The number of ether oxygens (including phenoxy) is 4. The summed E-state index contributed by atoms with van der Waals surface area (Å²) in [5.74, 6) is -0.831. The molecule has 0 aromatic carbocycles. The van der Waals surface area contributed by atoms with Crippen LogP contribution in [-0.2, 0) is 28.5 Å². The van der Waals surface area contributed by atoms with Crippen LogP contribution in [0.15, 0.2) is 11.3 Å². The average Bonchev–Trinajstić information content (AvgIpc) is 2.86. The molecule has 2 heterocycles. The van der Waals surface area contributed by atoms with Crippen LogP contribution < -0.4 is 0 Å². The molecule has 2 aliphatic heterocycles. The van der Waals surface area contributed by atoms with Gasteiger partial charge in [0.2, 0.25) is 0 Å². The molecule has 0 unspecified atom stereocenters. The van der Waals surface area contributed by atoms with Gasteiger partial charge in [-0.3, -0.25) is 0 Å². The summed E-state index contributed by atoms with van der Waals surface area (Å²) in [7, 11) is 2.48. The minimum atomic E-state index is -1.03. The molecule has 16 heavy (non-hydrogen) atoms. The van der Waals surface area contributed by atoms with Crippen molar-refractivity contribution in [3.05, 3.63) is 11.3 Å². The first-order chi connectivity index (χ1) is 7.69. The summed E-state index contributed by atoms with van der Waals surface area (Å²) in [5.41, 5.74) is 0.122. The zero-order valence-electron chi connectivity index (χ0n) is 9.02. The maximum atomic E-state index is 11.5. The highest BCUT2D eigenvalue weighted by atomic mass is 16.6. The van der Waals surface area contributed by atoms with Crippen molar-refractivity contribution >= 4 is 11.9 Å². The van der Waals surface area contributed by atoms with E-state index in [-0.39, 0.29) is 11.7 Å². The smallest absolute Gasteiger partial charge is 0.340 e. The van der Waals surface area contributed by atoms with Gasteiger partial charge in [0.1, 0.15) is 17.4 Å². The summed E-state index contributed by atoms with van der Waals surface area (Å²) in [6.45, 7) is 0.481. The van der Waals surface area contributed by atoms with Crippen LogP contribution in [0.2, 0.25) is 0 Å². The van der Waals surface area contributed by atoms with E-state index in [4.69, 9.17) is 9.47 Å². The second-order valence-corrected chi connectivity index (χ2v) is 3.43. The minimum Gasteiger partial charge on any atom is -0.494 e. The summed E-state index contributed by atoms with van der Waals surface area (Å²) in [5, 5.41) is 0. The van der Waals surface area contributed by atoms with Crippen molar-refractivity contribution in [1.82, 2.24) is 0 Å². The van der Waals surface area contributed by atoms with Crippen molar-refractivity contribution in [3.63, 3.8) is 0 Å². The van der Waals surface area contributed by atoms with E-state index in [9.17, 15) is 9.59 Å². The fourth-order valence-electron chi connectivity index (χ4n) is 1.84. The third-order valence-corrected chi connectivity index (χ3v) is 2.58. The molecule has 1 saturated heterocycles. The van der Waals surface area contributed by atoms with Crippen molar-refractivity contribution in [2.75, 3.05) is 20.8 Å². The van der Waals surface area contributed by atoms with Gasteiger partial charge in [-0.15, -0.1) is 0 Å². The quantitative estimate of drug-likeness (QED) is 0.608. The maximum absolute atomic E-state index is 11.5. The molecule has 0 saturated carbocycles. The summed E-state index contributed by atoms with van der Waals surface area (Å²) in [6, 6.07) is 0. The van der Waals surface area contributed by atoms with Crippen LogP contribution in [-0.4, -0.2) is 45.0 Å². The highest BCUT2D eigenvalue weighted by Gasteiger charge is 2.46. The molecule has 0 bridgehead atoms. The predicted molar refractivity (Wildman–Crippen MR) is 50.3 cm³/mol. The lowest BCUT2D eigenvalue weighted by Crippen LogP contribution is -2.29. The molecule has 0 N–H and O–H groups in total. The molecule has 6 heteroatoms. The van der Waals surface area contributed by atoms with Gasteiger partial charge in [0.15, 0.2) is 6.10 Å². The number of rotatable bonds is 2. The average molecular weight is 228 g/mol. The predicted octanol–water partition coefficient (Wildman–Crippen LogP) is -0.226. The Balaban J connectivity index is 2.33. The first kappa shape index (κ1) is 10.9.